The first-order chi connectivity index (χ1) is 14.1. The van der Waals surface area contributed by atoms with Gasteiger partial charge in [-0.3, -0.25) is 19.3 Å². The van der Waals surface area contributed by atoms with Gasteiger partial charge in [0.25, 0.3) is 11.8 Å². The number of carbonyl (C=O) groups is 3. The van der Waals surface area contributed by atoms with Crippen LogP contribution >= 0.6 is 0 Å². The monoisotopic (exact) mass is 388 g/mol. The first-order valence-corrected chi connectivity index (χ1v) is 8.92. The molecule has 1 unspecified atom stereocenters. The number of aromatic amines is 1. The van der Waals surface area contributed by atoms with Crippen LogP contribution in [0.15, 0.2) is 59.8 Å². The number of para-hydroxylation sites is 1. The van der Waals surface area contributed by atoms with Gasteiger partial charge < -0.3 is 10.3 Å². The summed E-state index contributed by atoms with van der Waals surface area (Å²) in [7, 11) is 0. The maximum atomic E-state index is 13.0. The van der Waals surface area contributed by atoms with Crippen molar-refractivity contribution >= 4 is 34.3 Å². The molecule has 0 saturated carbocycles. The van der Waals surface area contributed by atoms with E-state index in [9.17, 15) is 14.4 Å². The second-order valence-electron chi connectivity index (χ2n) is 6.62. The Morgan fingerprint density at radius 2 is 1.93 bits per heavy atom. The Hall–Kier alpha value is -4.10. The van der Waals surface area contributed by atoms with E-state index in [1.807, 2.05) is 24.3 Å². The van der Waals surface area contributed by atoms with Crippen LogP contribution in [-0.4, -0.2) is 40.2 Å². The van der Waals surface area contributed by atoms with E-state index in [-0.39, 0.29) is 24.2 Å². The molecule has 29 heavy (non-hydrogen) atoms. The van der Waals surface area contributed by atoms with Crippen molar-refractivity contribution in [3.63, 3.8) is 0 Å². The number of fused-ring (bicyclic) bond motifs is 1. The molecular weight excluding hydrogens is 372 g/mol. The van der Waals surface area contributed by atoms with Crippen molar-refractivity contribution in [3.8, 4) is 0 Å². The van der Waals surface area contributed by atoms with E-state index < -0.39 is 23.8 Å². The molecule has 9 nitrogen and oxygen atoms in total. The van der Waals surface area contributed by atoms with Gasteiger partial charge in [-0.2, -0.15) is 0 Å². The summed E-state index contributed by atoms with van der Waals surface area (Å²) < 4.78 is 0. The van der Waals surface area contributed by atoms with Gasteiger partial charge in [0.1, 0.15) is 12.6 Å². The molecule has 1 atom stereocenters. The zero-order valence-electron chi connectivity index (χ0n) is 15.2. The van der Waals surface area contributed by atoms with E-state index in [2.05, 4.69) is 20.3 Å². The van der Waals surface area contributed by atoms with Gasteiger partial charge in [-0.15, -0.1) is 0 Å². The number of aromatic nitrogens is 1. The average Bonchev–Trinajstić information content (AvgIpc) is 3.13. The summed E-state index contributed by atoms with van der Waals surface area (Å²) in [4.78, 5) is 44.9. The zero-order valence-corrected chi connectivity index (χ0v) is 15.2. The molecule has 0 aliphatic carbocycles. The minimum absolute atomic E-state index is 0.0687. The molecule has 1 aromatic heterocycles. The fourth-order valence-corrected chi connectivity index (χ4v) is 3.48. The maximum absolute atomic E-state index is 13.0. The van der Waals surface area contributed by atoms with Gasteiger partial charge in [0.05, 0.1) is 5.69 Å². The predicted molar refractivity (Wildman–Crippen MR) is 105 cm³/mol. The number of amides is 3. The summed E-state index contributed by atoms with van der Waals surface area (Å²) in [6.45, 7) is -0.382. The maximum Gasteiger partial charge on any atom is 0.261 e. The van der Waals surface area contributed by atoms with Crippen molar-refractivity contribution in [3.05, 3.63) is 76.3 Å². The largest absolute Gasteiger partial charge is 0.361 e. The summed E-state index contributed by atoms with van der Waals surface area (Å²) in [5, 5.41) is 7.12. The third-order valence-corrected chi connectivity index (χ3v) is 4.83. The molecule has 1 aliphatic rings. The SMILES string of the molecule is [N-]=[N+]=Nc1ccccc1C(=O)N1CC(=O)NC(Cc2c[nH]c3ccccc23)C1=O. The Morgan fingerprint density at radius 3 is 2.76 bits per heavy atom. The number of rotatable bonds is 4. The predicted octanol–water partition coefficient (Wildman–Crippen LogP) is 2.82. The highest BCUT2D eigenvalue weighted by Crippen LogP contribution is 2.24. The third-order valence-electron chi connectivity index (χ3n) is 4.83. The van der Waals surface area contributed by atoms with Crippen LogP contribution < -0.4 is 5.32 Å². The van der Waals surface area contributed by atoms with Crippen molar-refractivity contribution < 1.29 is 14.4 Å². The minimum atomic E-state index is -0.869. The van der Waals surface area contributed by atoms with E-state index in [1.165, 1.54) is 12.1 Å². The molecule has 1 fully saturated rings. The van der Waals surface area contributed by atoms with Crippen LogP contribution in [0.1, 0.15) is 15.9 Å². The Kier molecular flexibility index (Phi) is 4.72. The first-order valence-electron chi connectivity index (χ1n) is 8.92. The van der Waals surface area contributed by atoms with Crippen molar-refractivity contribution in [2.24, 2.45) is 5.11 Å². The number of nitrogens with one attached hydrogen (secondary N) is 2. The Bertz CT molecular complexity index is 1180. The highest BCUT2D eigenvalue weighted by atomic mass is 16.2. The summed E-state index contributed by atoms with van der Waals surface area (Å²) >= 11 is 0. The molecule has 2 aromatic carbocycles. The molecular formula is C20H16N6O3. The second kappa shape index (κ2) is 7.49. The number of imide groups is 1. The van der Waals surface area contributed by atoms with Crippen LogP contribution in [0.4, 0.5) is 5.69 Å². The number of benzene rings is 2. The number of piperazine rings is 1. The molecule has 1 saturated heterocycles. The molecule has 2 N–H and O–H groups in total. The number of azide groups is 1. The fourth-order valence-electron chi connectivity index (χ4n) is 3.48. The molecule has 9 heteroatoms. The molecule has 144 valence electrons. The summed E-state index contributed by atoms with van der Waals surface area (Å²) in [5.74, 6) is -1.60. The Morgan fingerprint density at radius 1 is 1.17 bits per heavy atom. The quantitative estimate of drug-likeness (QED) is 0.308. The molecule has 0 spiro atoms. The lowest BCUT2D eigenvalue weighted by molar-refractivity contribution is -0.141. The number of H-pyrrole nitrogens is 1. The lowest BCUT2D eigenvalue weighted by atomic mass is 10.0. The van der Waals surface area contributed by atoms with Crippen LogP contribution in [-0.2, 0) is 16.0 Å². The minimum Gasteiger partial charge on any atom is -0.361 e. The van der Waals surface area contributed by atoms with E-state index in [0.717, 1.165) is 21.4 Å². The summed E-state index contributed by atoms with van der Waals surface area (Å²) in [6.07, 6.45) is 2.04. The average molecular weight is 388 g/mol. The fraction of sp³-hybridized carbons (Fsp3) is 0.150. The Labute approximate surface area is 164 Å². The molecule has 0 bridgehead atoms. The van der Waals surface area contributed by atoms with E-state index >= 15 is 0 Å². The van der Waals surface area contributed by atoms with Crippen LogP contribution in [0.5, 0.6) is 0 Å². The Balaban J connectivity index is 1.63. The number of nitrogens with zero attached hydrogens (tertiary/aromatic N) is 4. The standard InChI is InChI=1S/C20H16N6O3/c21-25-24-16-8-4-2-6-14(16)19(28)26-11-18(27)23-17(20(26)29)9-12-10-22-15-7-3-1-5-13(12)15/h1-8,10,17,22H,9,11H2,(H,23,27). The van der Waals surface area contributed by atoms with Gasteiger partial charge in [0.2, 0.25) is 5.91 Å². The first kappa shape index (κ1) is 18.3. The van der Waals surface area contributed by atoms with E-state index in [4.69, 9.17) is 5.53 Å². The highest BCUT2D eigenvalue weighted by molar-refractivity contribution is 6.12. The smallest absolute Gasteiger partial charge is 0.261 e. The van der Waals surface area contributed by atoms with Gasteiger partial charge in [-0.1, -0.05) is 41.5 Å². The van der Waals surface area contributed by atoms with Crippen LogP contribution in [0, 0.1) is 0 Å². The molecule has 0 radical (unpaired) electrons. The molecule has 4 rings (SSSR count). The summed E-state index contributed by atoms with van der Waals surface area (Å²) in [5.41, 5.74) is 10.7. The number of hydrogen-bond acceptors (Lipinski definition) is 4. The van der Waals surface area contributed by atoms with Gasteiger partial charge in [-0.05, 0) is 23.2 Å². The highest BCUT2D eigenvalue weighted by Gasteiger charge is 2.37. The third kappa shape index (κ3) is 3.42. The van der Waals surface area contributed by atoms with Crippen molar-refractivity contribution in [1.29, 1.82) is 0 Å². The van der Waals surface area contributed by atoms with Gasteiger partial charge in [-0.25, -0.2) is 0 Å². The zero-order chi connectivity index (χ0) is 20.4. The molecule has 2 heterocycles. The van der Waals surface area contributed by atoms with Crippen molar-refractivity contribution in [1.82, 2.24) is 15.2 Å². The van der Waals surface area contributed by atoms with E-state index in [0.29, 0.717) is 0 Å². The van der Waals surface area contributed by atoms with Crippen molar-refractivity contribution in [2.75, 3.05) is 6.54 Å². The van der Waals surface area contributed by atoms with Gasteiger partial charge in [0, 0.05) is 34.0 Å². The van der Waals surface area contributed by atoms with E-state index in [1.54, 1.807) is 18.3 Å². The van der Waals surface area contributed by atoms with Crippen molar-refractivity contribution in [2.45, 2.75) is 12.5 Å². The second-order valence-corrected chi connectivity index (χ2v) is 6.62. The van der Waals surface area contributed by atoms with Crippen LogP contribution in [0.25, 0.3) is 21.3 Å². The lowest BCUT2D eigenvalue weighted by Crippen LogP contribution is -2.60. The number of carbonyl (C=O) groups excluding carboxylic acids is 3. The van der Waals surface area contributed by atoms with Gasteiger partial charge in [0.15, 0.2) is 0 Å². The normalized spacial score (nSPS) is 16.4. The molecule has 3 amide bonds. The number of hydrogen-bond donors (Lipinski definition) is 2. The topological polar surface area (TPSA) is 131 Å². The molecule has 3 aromatic rings. The van der Waals surface area contributed by atoms with Gasteiger partial charge >= 0.3 is 0 Å². The lowest BCUT2D eigenvalue weighted by Gasteiger charge is -2.31. The van der Waals surface area contributed by atoms with Crippen LogP contribution in [0.3, 0.4) is 0 Å². The van der Waals surface area contributed by atoms with Crippen LogP contribution in [0.2, 0.25) is 0 Å². The summed E-state index contributed by atoms with van der Waals surface area (Å²) in [6, 6.07) is 12.9. The molecule has 1 aliphatic heterocycles.